The Morgan fingerprint density at radius 2 is 1.36 bits per heavy atom. The van der Waals surface area contributed by atoms with Crippen molar-refractivity contribution in [3.63, 3.8) is 0 Å². The fourth-order valence-corrected chi connectivity index (χ4v) is 3.93. The summed E-state index contributed by atoms with van der Waals surface area (Å²) >= 11 is 5.82. The molecule has 1 saturated carbocycles. The van der Waals surface area contributed by atoms with Crippen LogP contribution < -0.4 is 15.4 Å². The van der Waals surface area contributed by atoms with E-state index in [1.807, 2.05) is 0 Å². The highest BCUT2D eigenvalue weighted by molar-refractivity contribution is 6.30. The smallest absolute Gasteiger partial charge is 0.305 e. The molecule has 0 bridgehead atoms. The van der Waals surface area contributed by atoms with Gasteiger partial charge in [0.2, 0.25) is 0 Å². The maximum absolute atomic E-state index is 12.3. The predicted octanol–water partition coefficient (Wildman–Crippen LogP) is 4.00. The molecule has 0 atom stereocenters. The molecule has 0 unspecified atom stereocenters. The van der Waals surface area contributed by atoms with E-state index in [1.165, 1.54) is 7.11 Å². The number of esters is 1. The average Bonchev–Trinajstić information content (AvgIpc) is 2.83. The van der Waals surface area contributed by atoms with Crippen molar-refractivity contribution in [1.82, 2.24) is 10.6 Å². The molecule has 1 aliphatic carbocycles. The topological polar surface area (TPSA) is 93.7 Å². The average molecular weight is 473 g/mol. The Morgan fingerprint density at radius 3 is 1.88 bits per heavy atom. The van der Waals surface area contributed by atoms with Crippen LogP contribution in [0.4, 0.5) is 0 Å². The maximum Gasteiger partial charge on any atom is 0.305 e. The molecule has 7 nitrogen and oxygen atoms in total. The van der Waals surface area contributed by atoms with E-state index < -0.39 is 0 Å². The summed E-state index contributed by atoms with van der Waals surface area (Å²) in [6, 6.07) is 13.6. The Bertz CT molecular complexity index is 938. The third-order valence-corrected chi connectivity index (χ3v) is 5.95. The molecule has 0 saturated heterocycles. The van der Waals surface area contributed by atoms with E-state index in [0.29, 0.717) is 41.6 Å². The lowest BCUT2D eigenvalue weighted by atomic mass is 9.85. The van der Waals surface area contributed by atoms with Crippen LogP contribution in [0.25, 0.3) is 0 Å². The fourth-order valence-electron chi connectivity index (χ4n) is 3.81. The van der Waals surface area contributed by atoms with Crippen molar-refractivity contribution >= 4 is 29.4 Å². The van der Waals surface area contributed by atoms with Crippen LogP contribution in [0, 0.1) is 5.92 Å². The summed E-state index contributed by atoms with van der Waals surface area (Å²) in [4.78, 5) is 35.8. The molecule has 176 valence electrons. The Labute approximate surface area is 198 Å². The highest BCUT2D eigenvalue weighted by Crippen LogP contribution is 2.30. The van der Waals surface area contributed by atoms with Gasteiger partial charge in [-0.05, 0) is 80.1 Å². The predicted molar refractivity (Wildman–Crippen MR) is 126 cm³/mol. The highest BCUT2D eigenvalue weighted by Gasteiger charge is 2.24. The SMILES string of the molecule is COC(=O)C[C@H]1CC[C@@H](Oc2ccc(C(=O)NCCNC(=O)c3ccc(Cl)cc3)cc2)CC1. The zero-order chi connectivity index (χ0) is 23.6. The number of hydrogen-bond donors (Lipinski definition) is 2. The number of nitrogens with one attached hydrogen (secondary N) is 2. The van der Waals surface area contributed by atoms with Gasteiger partial charge in [-0.25, -0.2) is 0 Å². The number of methoxy groups -OCH3 is 1. The van der Waals surface area contributed by atoms with E-state index in [-0.39, 0.29) is 23.9 Å². The van der Waals surface area contributed by atoms with Gasteiger partial charge in [0, 0.05) is 35.7 Å². The van der Waals surface area contributed by atoms with Gasteiger partial charge in [0.1, 0.15) is 5.75 Å². The number of benzene rings is 2. The first-order chi connectivity index (χ1) is 15.9. The van der Waals surface area contributed by atoms with Crippen molar-refractivity contribution in [3.8, 4) is 5.75 Å². The van der Waals surface area contributed by atoms with E-state index >= 15 is 0 Å². The Morgan fingerprint density at radius 1 is 0.848 bits per heavy atom. The van der Waals surface area contributed by atoms with Crippen LogP contribution in [0.3, 0.4) is 0 Å². The van der Waals surface area contributed by atoms with Gasteiger partial charge in [0.15, 0.2) is 0 Å². The lowest BCUT2D eigenvalue weighted by Gasteiger charge is -2.28. The second-order valence-corrected chi connectivity index (χ2v) is 8.52. The Hall–Kier alpha value is -3.06. The van der Waals surface area contributed by atoms with E-state index in [2.05, 4.69) is 10.6 Å². The summed E-state index contributed by atoms with van der Waals surface area (Å²) in [6.45, 7) is 0.623. The molecule has 0 heterocycles. The number of rotatable bonds is 9. The van der Waals surface area contributed by atoms with Crippen LogP contribution in [0.2, 0.25) is 5.02 Å². The van der Waals surface area contributed by atoms with Crippen LogP contribution >= 0.6 is 11.6 Å². The summed E-state index contributed by atoms with van der Waals surface area (Å²) in [6.07, 6.45) is 4.25. The van der Waals surface area contributed by atoms with Crippen molar-refractivity contribution in [2.24, 2.45) is 5.92 Å². The van der Waals surface area contributed by atoms with Crippen LogP contribution in [-0.2, 0) is 9.53 Å². The lowest BCUT2D eigenvalue weighted by Crippen LogP contribution is -2.34. The lowest BCUT2D eigenvalue weighted by molar-refractivity contribution is -0.142. The van der Waals surface area contributed by atoms with Gasteiger partial charge in [-0.3, -0.25) is 14.4 Å². The van der Waals surface area contributed by atoms with E-state index in [9.17, 15) is 14.4 Å². The van der Waals surface area contributed by atoms with E-state index in [1.54, 1.807) is 48.5 Å². The van der Waals surface area contributed by atoms with Gasteiger partial charge in [-0.15, -0.1) is 0 Å². The van der Waals surface area contributed by atoms with Crippen LogP contribution in [0.15, 0.2) is 48.5 Å². The molecule has 1 fully saturated rings. The molecule has 3 rings (SSSR count). The molecule has 0 aliphatic heterocycles. The summed E-state index contributed by atoms with van der Waals surface area (Å²) in [7, 11) is 1.42. The minimum absolute atomic E-state index is 0.114. The Balaban J connectivity index is 1.36. The van der Waals surface area contributed by atoms with Crippen LogP contribution in [0.1, 0.15) is 52.8 Å². The minimum Gasteiger partial charge on any atom is -0.490 e. The zero-order valence-electron chi connectivity index (χ0n) is 18.6. The van der Waals surface area contributed by atoms with Crippen LogP contribution in [0.5, 0.6) is 5.75 Å². The monoisotopic (exact) mass is 472 g/mol. The second kappa shape index (κ2) is 12.3. The Kier molecular flexibility index (Phi) is 9.13. The summed E-state index contributed by atoms with van der Waals surface area (Å²) < 4.78 is 10.8. The van der Waals surface area contributed by atoms with Crippen LogP contribution in [-0.4, -0.2) is 44.1 Å². The van der Waals surface area contributed by atoms with Gasteiger partial charge in [-0.2, -0.15) is 0 Å². The number of carbonyl (C=O) groups excluding carboxylic acids is 3. The number of halogens is 1. The molecule has 0 aromatic heterocycles. The largest absolute Gasteiger partial charge is 0.490 e. The standard InChI is InChI=1S/C25H29ClN2O5/c1-32-23(29)16-17-2-10-21(11-3-17)33-22-12-6-19(7-13-22)25(31)28-15-14-27-24(30)18-4-8-20(26)9-5-18/h4-9,12-13,17,21H,2-3,10-11,14-16H2,1H3,(H,27,30)(H,28,31)/t17-,21+. The second-order valence-electron chi connectivity index (χ2n) is 8.08. The van der Waals surface area contributed by atoms with Gasteiger partial charge in [0.05, 0.1) is 13.2 Å². The molecular formula is C25H29ClN2O5. The number of carbonyl (C=O) groups is 3. The summed E-state index contributed by atoms with van der Waals surface area (Å²) in [5.74, 6) is 0.488. The third kappa shape index (κ3) is 7.79. The van der Waals surface area contributed by atoms with Crippen molar-refractivity contribution in [3.05, 3.63) is 64.7 Å². The minimum atomic E-state index is -0.221. The van der Waals surface area contributed by atoms with Crippen molar-refractivity contribution < 1.29 is 23.9 Å². The molecule has 2 N–H and O–H groups in total. The zero-order valence-corrected chi connectivity index (χ0v) is 19.4. The quantitative estimate of drug-likeness (QED) is 0.425. The molecule has 2 amide bonds. The molecule has 1 aliphatic rings. The molecule has 2 aromatic carbocycles. The summed E-state index contributed by atoms with van der Waals surface area (Å²) in [5.41, 5.74) is 1.03. The highest BCUT2D eigenvalue weighted by atomic mass is 35.5. The summed E-state index contributed by atoms with van der Waals surface area (Å²) in [5, 5.41) is 6.11. The number of ether oxygens (including phenoxy) is 2. The normalized spacial score (nSPS) is 17.6. The molecule has 2 aromatic rings. The molecule has 0 spiro atoms. The fraction of sp³-hybridized carbons (Fsp3) is 0.400. The first-order valence-electron chi connectivity index (χ1n) is 11.1. The van der Waals surface area contributed by atoms with E-state index in [0.717, 1.165) is 31.4 Å². The molecular weight excluding hydrogens is 444 g/mol. The maximum atomic E-state index is 12.3. The molecule has 0 radical (unpaired) electrons. The molecule has 8 heteroatoms. The van der Waals surface area contributed by atoms with Crippen molar-refractivity contribution in [2.45, 2.75) is 38.2 Å². The van der Waals surface area contributed by atoms with Crippen molar-refractivity contribution in [2.75, 3.05) is 20.2 Å². The van der Waals surface area contributed by atoms with Gasteiger partial charge < -0.3 is 20.1 Å². The number of hydrogen-bond acceptors (Lipinski definition) is 5. The van der Waals surface area contributed by atoms with Gasteiger partial charge in [0.25, 0.3) is 11.8 Å². The van der Waals surface area contributed by atoms with Gasteiger partial charge >= 0.3 is 5.97 Å². The first-order valence-corrected chi connectivity index (χ1v) is 11.5. The van der Waals surface area contributed by atoms with Gasteiger partial charge in [-0.1, -0.05) is 11.6 Å². The van der Waals surface area contributed by atoms with E-state index in [4.69, 9.17) is 21.1 Å². The van der Waals surface area contributed by atoms with Crippen molar-refractivity contribution in [1.29, 1.82) is 0 Å². The third-order valence-electron chi connectivity index (χ3n) is 5.70. The number of amides is 2. The molecule has 33 heavy (non-hydrogen) atoms. The first kappa shape index (κ1) is 24.6.